The van der Waals surface area contributed by atoms with Gasteiger partial charge in [-0.1, -0.05) is 11.6 Å². The van der Waals surface area contributed by atoms with Crippen LogP contribution >= 0.6 is 11.6 Å². The van der Waals surface area contributed by atoms with E-state index in [1.807, 2.05) is 12.1 Å². The molecule has 0 saturated carbocycles. The molecule has 0 saturated heterocycles. The van der Waals surface area contributed by atoms with E-state index in [9.17, 15) is 4.79 Å². The largest absolute Gasteiger partial charge is 0.495 e. The second-order valence-electron chi connectivity index (χ2n) is 5.47. The average Bonchev–Trinajstić information content (AvgIpc) is 2.67. The molecule has 0 unspecified atom stereocenters. The molecule has 1 amide bonds. The van der Waals surface area contributed by atoms with Gasteiger partial charge >= 0.3 is 0 Å². The molecule has 1 aromatic carbocycles. The Morgan fingerprint density at radius 3 is 2.69 bits per heavy atom. The molecule has 7 heteroatoms. The van der Waals surface area contributed by atoms with Crippen LogP contribution in [-0.2, 0) is 6.54 Å². The molecule has 0 aliphatic rings. The van der Waals surface area contributed by atoms with Crippen LogP contribution in [0.5, 0.6) is 5.75 Å². The Labute approximate surface area is 156 Å². The minimum atomic E-state index is -0.300. The Kier molecular flexibility index (Phi) is 5.66. The number of aromatic nitrogens is 2. The number of amides is 1. The minimum Gasteiger partial charge on any atom is -0.495 e. The van der Waals surface area contributed by atoms with Gasteiger partial charge in [0.15, 0.2) is 0 Å². The predicted molar refractivity (Wildman–Crippen MR) is 102 cm³/mol. The fourth-order valence-electron chi connectivity index (χ4n) is 2.34. The Bertz CT molecular complexity index is 903. The number of pyridine rings is 2. The van der Waals surface area contributed by atoms with Gasteiger partial charge in [-0.25, -0.2) is 0 Å². The molecule has 2 aromatic heterocycles. The van der Waals surface area contributed by atoms with Crippen LogP contribution in [0.15, 0.2) is 61.2 Å². The SMILES string of the molecule is COc1ccc(Cl)cc1NC(=O)c1cncc(NCc2ccncc2)c1. The molecule has 6 nitrogen and oxygen atoms in total. The van der Waals surface area contributed by atoms with Gasteiger partial charge in [0, 0.05) is 36.4 Å². The number of hydrogen-bond acceptors (Lipinski definition) is 5. The molecule has 2 N–H and O–H groups in total. The number of benzene rings is 1. The van der Waals surface area contributed by atoms with E-state index >= 15 is 0 Å². The molecule has 26 heavy (non-hydrogen) atoms. The maximum Gasteiger partial charge on any atom is 0.257 e. The molecule has 0 fully saturated rings. The molecule has 0 spiro atoms. The summed E-state index contributed by atoms with van der Waals surface area (Å²) in [6, 6.07) is 10.6. The molecular formula is C19H17ClN4O2. The topological polar surface area (TPSA) is 76.1 Å². The van der Waals surface area contributed by atoms with Gasteiger partial charge in [0.25, 0.3) is 5.91 Å². The summed E-state index contributed by atoms with van der Waals surface area (Å²) in [6.45, 7) is 0.609. The smallest absolute Gasteiger partial charge is 0.257 e. The molecular weight excluding hydrogens is 352 g/mol. The summed E-state index contributed by atoms with van der Waals surface area (Å²) in [4.78, 5) is 20.6. The summed E-state index contributed by atoms with van der Waals surface area (Å²) in [6.07, 6.45) is 6.64. The molecule has 3 rings (SSSR count). The molecule has 2 heterocycles. The zero-order valence-corrected chi connectivity index (χ0v) is 14.8. The highest BCUT2D eigenvalue weighted by Gasteiger charge is 2.11. The molecule has 0 aliphatic carbocycles. The summed E-state index contributed by atoms with van der Waals surface area (Å²) in [5.74, 6) is 0.230. The highest BCUT2D eigenvalue weighted by Crippen LogP contribution is 2.28. The van der Waals surface area contributed by atoms with Crippen molar-refractivity contribution in [3.63, 3.8) is 0 Å². The molecule has 132 valence electrons. The van der Waals surface area contributed by atoms with Crippen LogP contribution in [0.25, 0.3) is 0 Å². The normalized spacial score (nSPS) is 10.2. The van der Waals surface area contributed by atoms with Crippen molar-refractivity contribution in [2.24, 2.45) is 0 Å². The number of methoxy groups -OCH3 is 1. The van der Waals surface area contributed by atoms with Gasteiger partial charge in [-0.3, -0.25) is 14.8 Å². The standard InChI is InChI=1S/C19H17ClN4O2/c1-26-18-3-2-15(20)9-17(18)24-19(25)14-8-16(12-22-11-14)23-10-13-4-6-21-7-5-13/h2-9,11-12,23H,10H2,1H3,(H,24,25). The van der Waals surface area contributed by atoms with Gasteiger partial charge in [0.05, 0.1) is 24.0 Å². The Hall–Kier alpha value is -3.12. The first-order chi connectivity index (χ1) is 12.7. The number of anilines is 2. The summed E-state index contributed by atoms with van der Waals surface area (Å²) >= 11 is 5.99. The zero-order chi connectivity index (χ0) is 18.4. The monoisotopic (exact) mass is 368 g/mol. The van der Waals surface area contributed by atoms with Crippen LogP contribution in [0.3, 0.4) is 0 Å². The number of halogens is 1. The van der Waals surface area contributed by atoms with E-state index < -0.39 is 0 Å². The first kappa shape index (κ1) is 17.7. The van der Waals surface area contributed by atoms with E-state index in [0.29, 0.717) is 28.6 Å². The van der Waals surface area contributed by atoms with E-state index in [-0.39, 0.29) is 5.91 Å². The molecule has 0 radical (unpaired) electrons. The van der Waals surface area contributed by atoms with Gasteiger partial charge in [-0.05, 0) is 42.0 Å². The van der Waals surface area contributed by atoms with Gasteiger partial charge in [0.2, 0.25) is 0 Å². The van der Waals surface area contributed by atoms with Crippen LogP contribution in [-0.4, -0.2) is 23.0 Å². The van der Waals surface area contributed by atoms with Crippen LogP contribution in [0.4, 0.5) is 11.4 Å². The fraction of sp³-hybridized carbons (Fsp3) is 0.105. The lowest BCUT2D eigenvalue weighted by Gasteiger charge is -2.11. The fourth-order valence-corrected chi connectivity index (χ4v) is 2.51. The second kappa shape index (κ2) is 8.31. The van der Waals surface area contributed by atoms with E-state index in [1.54, 1.807) is 42.9 Å². The minimum absolute atomic E-state index is 0.300. The summed E-state index contributed by atoms with van der Waals surface area (Å²) in [7, 11) is 1.53. The van der Waals surface area contributed by atoms with Crippen molar-refractivity contribution in [1.29, 1.82) is 0 Å². The highest BCUT2D eigenvalue weighted by molar-refractivity contribution is 6.31. The van der Waals surface area contributed by atoms with Gasteiger partial charge < -0.3 is 15.4 Å². The summed E-state index contributed by atoms with van der Waals surface area (Å²) in [5, 5.41) is 6.54. The van der Waals surface area contributed by atoms with Crippen molar-refractivity contribution in [1.82, 2.24) is 9.97 Å². The number of hydrogen-bond donors (Lipinski definition) is 2. The lowest BCUT2D eigenvalue weighted by atomic mass is 10.2. The number of ether oxygens (including phenoxy) is 1. The molecule has 0 atom stereocenters. The Morgan fingerprint density at radius 1 is 1.12 bits per heavy atom. The Morgan fingerprint density at radius 2 is 1.92 bits per heavy atom. The number of carbonyl (C=O) groups excluding carboxylic acids is 1. The van der Waals surface area contributed by atoms with Gasteiger partial charge in [-0.2, -0.15) is 0 Å². The van der Waals surface area contributed by atoms with Gasteiger partial charge in [0.1, 0.15) is 5.75 Å². The van der Waals surface area contributed by atoms with Crippen LogP contribution in [0.1, 0.15) is 15.9 Å². The molecule has 3 aromatic rings. The third-order valence-corrected chi connectivity index (χ3v) is 3.89. The quantitative estimate of drug-likeness (QED) is 0.687. The van der Waals surface area contributed by atoms with Crippen molar-refractivity contribution < 1.29 is 9.53 Å². The highest BCUT2D eigenvalue weighted by atomic mass is 35.5. The van der Waals surface area contributed by atoms with E-state index in [4.69, 9.17) is 16.3 Å². The third-order valence-electron chi connectivity index (χ3n) is 3.66. The lowest BCUT2D eigenvalue weighted by Crippen LogP contribution is -2.13. The lowest BCUT2D eigenvalue weighted by molar-refractivity contribution is 0.102. The second-order valence-corrected chi connectivity index (χ2v) is 5.91. The number of nitrogens with one attached hydrogen (secondary N) is 2. The summed E-state index contributed by atoms with van der Waals surface area (Å²) < 4.78 is 5.24. The van der Waals surface area contributed by atoms with E-state index in [0.717, 1.165) is 11.3 Å². The van der Waals surface area contributed by atoms with Crippen molar-refractivity contribution >= 4 is 28.9 Å². The zero-order valence-electron chi connectivity index (χ0n) is 14.1. The van der Waals surface area contributed by atoms with Crippen molar-refractivity contribution in [3.05, 3.63) is 77.3 Å². The van der Waals surface area contributed by atoms with Gasteiger partial charge in [-0.15, -0.1) is 0 Å². The maximum absolute atomic E-state index is 12.5. The number of nitrogens with zero attached hydrogens (tertiary/aromatic N) is 2. The van der Waals surface area contributed by atoms with Crippen molar-refractivity contribution in [2.45, 2.75) is 6.54 Å². The first-order valence-corrected chi connectivity index (χ1v) is 8.26. The Balaban J connectivity index is 1.71. The van der Waals surface area contributed by atoms with Crippen molar-refractivity contribution in [2.75, 3.05) is 17.7 Å². The number of carbonyl (C=O) groups is 1. The average molecular weight is 369 g/mol. The van der Waals surface area contributed by atoms with Crippen LogP contribution in [0, 0.1) is 0 Å². The number of rotatable bonds is 6. The summed E-state index contributed by atoms with van der Waals surface area (Å²) in [5.41, 5.74) is 2.75. The third kappa shape index (κ3) is 4.49. The maximum atomic E-state index is 12.5. The van der Waals surface area contributed by atoms with Crippen molar-refractivity contribution in [3.8, 4) is 5.75 Å². The van der Waals surface area contributed by atoms with E-state index in [1.165, 1.54) is 13.3 Å². The van der Waals surface area contributed by atoms with Crippen LogP contribution < -0.4 is 15.4 Å². The molecule has 0 bridgehead atoms. The predicted octanol–water partition coefficient (Wildman–Crippen LogP) is 4.00. The first-order valence-electron chi connectivity index (χ1n) is 7.88. The van der Waals surface area contributed by atoms with E-state index in [2.05, 4.69) is 20.6 Å². The molecule has 0 aliphatic heterocycles. The van der Waals surface area contributed by atoms with Crippen LogP contribution in [0.2, 0.25) is 5.02 Å².